The van der Waals surface area contributed by atoms with Gasteiger partial charge in [-0.25, -0.2) is 8.78 Å². The fourth-order valence-electron chi connectivity index (χ4n) is 9.00. The van der Waals surface area contributed by atoms with Crippen molar-refractivity contribution in [3.8, 4) is 52.7 Å². The van der Waals surface area contributed by atoms with Gasteiger partial charge < -0.3 is 19.5 Å². The van der Waals surface area contributed by atoms with Crippen LogP contribution in [0.2, 0.25) is 0 Å². The van der Waals surface area contributed by atoms with Gasteiger partial charge >= 0.3 is 5.97 Å². The standard InChI is InChI=1S/C28H18FNO6S.C28H20FNO5S/c1-2-17-3-5-19(6-4-17)25(31)28(15-27(28,26(32)33)16-36-30(34)35)20-9-12-22-23(14-37-24(22)13-20)18-7-10-21(29)11-8-18;1-2-18-3-5-20(6-4-18)26(31)27-25(19-7-9-21(29)10-8-19)23-12-11-22(15-24(23)36-27)34-16-28(13-14-28)17-35-30(32)33/h1,3-14H,15-16H2,(H,32,33);1,3-12,15H,13-14,16-17H2. The number of carbonyl (C=O) groups excluding carboxylic acids is 2. The van der Waals surface area contributed by atoms with Gasteiger partial charge in [0.15, 0.2) is 5.78 Å². The molecule has 364 valence electrons. The Morgan fingerprint density at radius 2 is 1.26 bits per heavy atom. The van der Waals surface area contributed by atoms with Gasteiger partial charge in [-0.2, -0.15) is 0 Å². The lowest BCUT2D eigenvalue weighted by molar-refractivity contribution is -0.760. The van der Waals surface area contributed by atoms with Crippen molar-refractivity contribution >= 4 is 60.4 Å². The third-order valence-corrected chi connectivity index (χ3v) is 15.4. The SMILES string of the molecule is C#Cc1ccc(C(=O)C2(c3ccc4c(-c5ccc(F)cc5)csc4c3)CC2(CO[N+](=O)[O-])C(=O)O)cc1.C#Cc1ccc(C(=O)c2sc3cc(OCC4(CO[N+](=O)[O-])CC4)ccc3c2-c2ccc(F)cc2)cc1. The first-order chi connectivity index (χ1) is 35.1. The van der Waals surface area contributed by atoms with E-state index in [-0.39, 0.29) is 41.4 Å². The lowest BCUT2D eigenvalue weighted by Crippen LogP contribution is -2.37. The summed E-state index contributed by atoms with van der Waals surface area (Å²) < 4.78 is 34.6. The maximum absolute atomic E-state index is 13.9. The predicted octanol–water partition coefficient (Wildman–Crippen LogP) is 11.8. The lowest BCUT2D eigenvalue weighted by Gasteiger charge is -2.22. The van der Waals surface area contributed by atoms with E-state index >= 15 is 0 Å². The summed E-state index contributed by atoms with van der Waals surface area (Å²) in [5.74, 6) is 2.89. The number of halogens is 2. The number of thiophene rings is 2. The Balaban J connectivity index is 0.000000180. The minimum atomic E-state index is -1.83. The Kier molecular flexibility index (Phi) is 13.3. The summed E-state index contributed by atoms with van der Waals surface area (Å²) in [6.07, 6.45) is 12.3. The summed E-state index contributed by atoms with van der Waals surface area (Å²) in [7, 11) is 0. The van der Waals surface area contributed by atoms with Gasteiger partial charge in [0.25, 0.3) is 10.2 Å². The quantitative estimate of drug-likeness (QED) is 0.0396. The van der Waals surface area contributed by atoms with Crippen molar-refractivity contribution in [2.75, 3.05) is 19.8 Å². The number of nitrogens with zero attached hydrogens (tertiary/aromatic N) is 2. The second-order valence-corrected chi connectivity index (χ2v) is 19.7. The highest BCUT2D eigenvalue weighted by Crippen LogP contribution is 2.67. The molecule has 0 amide bonds. The van der Waals surface area contributed by atoms with Gasteiger partial charge in [-0.1, -0.05) is 60.4 Å². The highest BCUT2D eigenvalue weighted by atomic mass is 32.1. The van der Waals surface area contributed by atoms with Gasteiger partial charge in [-0.05, 0) is 126 Å². The molecule has 2 aliphatic carbocycles. The second-order valence-electron chi connectivity index (χ2n) is 17.7. The molecule has 6 aromatic carbocycles. The topological polar surface area (TPSA) is 185 Å². The van der Waals surface area contributed by atoms with Crippen molar-refractivity contribution in [1.29, 1.82) is 0 Å². The van der Waals surface area contributed by atoms with Crippen molar-refractivity contribution in [3.63, 3.8) is 0 Å². The van der Waals surface area contributed by atoms with Crippen molar-refractivity contribution in [2.45, 2.75) is 24.7 Å². The van der Waals surface area contributed by atoms with Crippen molar-refractivity contribution in [2.24, 2.45) is 10.8 Å². The van der Waals surface area contributed by atoms with E-state index in [1.54, 1.807) is 78.9 Å². The van der Waals surface area contributed by atoms with Crippen LogP contribution in [0.1, 0.15) is 61.5 Å². The zero-order chi connectivity index (χ0) is 51.7. The molecule has 2 heterocycles. The summed E-state index contributed by atoms with van der Waals surface area (Å²) in [5, 5.41) is 33.4. The summed E-state index contributed by atoms with van der Waals surface area (Å²) in [4.78, 5) is 71.0. The molecule has 0 radical (unpaired) electrons. The molecule has 13 nitrogen and oxygen atoms in total. The van der Waals surface area contributed by atoms with Crippen LogP contribution in [0.25, 0.3) is 42.4 Å². The molecule has 2 saturated carbocycles. The van der Waals surface area contributed by atoms with Crippen LogP contribution in [-0.2, 0) is 19.9 Å². The van der Waals surface area contributed by atoms with Crippen molar-refractivity contribution < 1.29 is 52.9 Å². The zero-order valence-electron chi connectivity index (χ0n) is 38.2. The predicted molar refractivity (Wildman–Crippen MR) is 270 cm³/mol. The monoisotopic (exact) mass is 1020 g/mol. The largest absolute Gasteiger partial charge is 0.493 e. The molecule has 73 heavy (non-hydrogen) atoms. The molecular weight excluding hydrogens is 979 g/mol. The van der Waals surface area contributed by atoms with Crippen LogP contribution in [-0.4, -0.2) is 52.6 Å². The Morgan fingerprint density at radius 3 is 1.84 bits per heavy atom. The average Bonchev–Trinajstić information content (AvgIpc) is 4.24. The van der Waals surface area contributed by atoms with Gasteiger partial charge in [-0.15, -0.1) is 55.7 Å². The summed E-state index contributed by atoms with van der Waals surface area (Å²) in [5.41, 5.74) is 1.78. The maximum Gasteiger partial charge on any atom is 0.313 e. The van der Waals surface area contributed by atoms with Crippen molar-refractivity contribution in [3.05, 3.63) is 203 Å². The van der Waals surface area contributed by atoms with E-state index in [2.05, 4.69) is 21.5 Å². The first-order valence-corrected chi connectivity index (χ1v) is 24.0. The van der Waals surface area contributed by atoms with E-state index in [0.717, 1.165) is 55.3 Å². The van der Waals surface area contributed by atoms with E-state index in [1.807, 2.05) is 23.6 Å². The van der Waals surface area contributed by atoms with Crippen LogP contribution in [0.4, 0.5) is 8.78 Å². The van der Waals surface area contributed by atoms with Crippen LogP contribution in [0, 0.1) is 67.4 Å². The number of rotatable bonds is 17. The number of ether oxygens (including phenoxy) is 1. The highest BCUT2D eigenvalue weighted by molar-refractivity contribution is 7.21. The molecule has 8 aromatic rings. The normalized spacial score (nSPS) is 17.0. The van der Waals surface area contributed by atoms with Crippen molar-refractivity contribution in [1.82, 2.24) is 0 Å². The molecule has 2 atom stereocenters. The molecule has 1 N–H and O–H groups in total. The van der Waals surface area contributed by atoms with Gasteiger partial charge in [0, 0.05) is 59.0 Å². The Hall–Kier alpha value is -8.77. The number of fused-ring (bicyclic) bond motifs is 2. The molecule has 2 aromatic heterocycles. The molecule has 0 bridgehead atoms. The van der Waals surface area contributed by atoms with Crippen LogP contribution in [0.3, 0.4) is 0 Å². The third-order valence-electron chi connectivity index (χ3n) is 13.3. The summed E-state index contributed by atoms with van der Waals surface area (Å²) >= 11 is 2.73. The van der Waals surface area contributed by atoms with E-state index in [9.17, 15) is 48.5 Å². The number of aliphatic carboxylic acids is 1. The van der Waals surface area contributed by atoms with Crippen LogP contribution < -0.4 is 4.74 Å². The molecule has 17 heteroatoms. The first kappa shape index (κ1) is 49.2. The second kappa shape index (κ2) is 19.8. The van der Waals surface area contributed by atoms with E-state index in [1.165, 1.54) is 59.1 Å². The molecule has 0 aliphatic heterocycles. The van der Waals surface area contributed by atoms with Gasteiger partial charge in [-0.3, -0.25) is 14.4 Å². The number of carboxylic acid groups (broad SMARTS) is 1. The van der Waals surface area contributed by atoms with Crippen LogP contribution in [0.15, 0.2) is 139 Å². The minimum absolute atomic E-state index is 0.00702. The van der Waals surface area contributed by atoms with E-state index in [4.69, 9.17) is 17.6 Å². The molecule has 10 rings (SSSR count). The minimum Gasteiger partial charge on any atom is -0.493 e. The highest BCUT2D eigenvalue weighted by Gasteiger charge is 2.77. The molecular formula is C56H38F2N2O11S2. The van der Waals surface area contributed by atoms with Gasteiger partial charge in [0.1, 0.15) is 36.0 Å². The summed E-state index contributed by atoms with van der Waals surface area (Å²) in [6, 6.07) is 35.9. The number of hydrogen-bond donors (Lipinski definition) is 1. The number of ketones is 2. The number of terminal acetylenes is 2. The zero-order valence-corrected chi connectivity index (χ0v) is 39.8. The number of carboxylic acids is 1. The third kappa shape index (κ3) is 9.71. The molecule has 2 unspecified atom stereocenters. The molecule has 2 aliphatic rings. The Bertz CT molecular complexity index is 3580. The number of Topliss-reactive ketones (excluding diaryl/α,β-unsaturated/α-hetero) is 1. The van der Waals surface area contributed by atoms with E-state index < -0.39 is 39.4 Å². The molecule has 0 saturated heterocycles. The number of hydrogen-bond acceptors (Lipinski definition) is 12. The first-order valence-electron chi connectivity index (χ1n) is 22.3. The molecule has 0 spiro atoms. The maximum atomic E-state index is 13.9. The number of benzene rings is 6. The van der Waals surface area contributed by atoms with E-state index in [0.29, 0.717) is 39.5 Å². The lowest BCUT2D eigenvalue weighted by atomic mass is 9.79. The van der Waals surface area contributed by atoms with Crippen LogP contribution >= 0.6 is 22.7 Å². The fourth-order valence-corrected chi connectivity index (χ4v) is 11.2. The smallest absolute Gasteiger partial charge is 0.313 e. The Morgan fingerprint density at radius 1 is 0.685 bits per heavy atom. The van der Waals surface area contributed by atoms with Crippen LogP contribution in [0.5, 0.6) is 5.75 Å². The summed E-state index contributed by atoms with van der Waals surface area (Å²) in [6.45, 7) is -0.463. The van der Waals surface area contributed by atoms with Gasteiger partial charge in [0.2, 0.25) is 5.78 Å². The Labute approximate surface area is 422 Å². The fraction of sp³-hybridized carbons (Fsp3) is 0.161. The molecule has 2 fully saturated rings. The number of carbonyl (C=O) groups is 3. The van der Waals surface area contributed by atoms with Gasteiger partial charge in [0.05, 0.1) is 16.9 Å². The average molecular weight is 1020 g/mol.